The molecular weight excluding hydrogens is 644 g/mol. The van der Waals surface area contributed by atoms with Gasteiger partial charge in [-0.2, -0.15) is 8.42 Å². The minimum atomic E-state index is -4.40. The number of benzene rings is 3. The molecule has 13 heteroatoms. The minimum absolute atomic E-state index is 0.0613. The Labute approximate surface area is 280 Å². The summed E-state index contributed by atoms with van der Waals surface area (Å²) in [5.74, 6) is -2.14. The normalized spacial score (nSPS) is 22.2. The van der Waals surface area contributed by atoms with Crippen molar-refractivity contribution < 1.29 is 55.4 Å². The van der Waals surface area contributed by atoms with Crippen LogP contribution in [0.1, 0.15) is 43.9 Å². The average Bonchev–Trinajstić information content (AvgIpc) is 3.27. The maximum absolute atomic E-state index is 13.6. The summed E-state index contributed by atoms with van der Waals surface area (Å²) in [7, 11) is -4.40. The van der Waals surface area contributed by atoms with Gasteiger partial charge in [0.2, 0.25) is 6.29 Å². The van der Waals surface area contributed by atoms with E-state index in [-0.39, 0.29) is 31.1 Å². The Morgan fingerprint density at radius 1 is 0.750 bits per heavy atom. The second-order valence-corrected chi connectivity index (χ2v) is 13.0. The molecule has 3 aromatic rings. The third-order valence-corrected chi connectivity index (χ3v) is 8.99. The van der Waals surface area contributed by atoms with Crippen LogP contribution in [0.2, 0.25) is 0 Å². The summed E-state index contributed by atoms with van der Waals surface area (Å²) in [4.78, 5) is 36.8. The second kappa shape index (κ2) is 16.3. The molecule has 258 valence electrons. The van der Waals surface area contributed by atoms with Gasteiger partial charge < -0.3 is 28.4 Å². The van der Waals surface area contributed by atoms with E-state index in [1.165, 1.54) is 19.1 Å². The van der Waals surface area contributed by atoms with Crippen molar-refractivity contribution in [1.29, 1.82) is 0 Å². The fraction of sp³-hybridized carbons (Fsp3) is 0.400. The van der Waals surface area contributed by atoms with Crippen molar-refractivity contribution in [2.45, 2.75) is 75.8 Å². The predicted octanol–water partition coefficient (Wildman–Crippen LogP) is 4.42. The Morgan fingerprint density at radius 2 is 1.33 bits per heavy atom. The summed E-state index contributed by atoms with van der Waals surface area (Å²) < 4.78 is 68.6. The first-order valence-electron chi connectivity index (χ1n) is 15.3. The van der Waals surface area contributed by atoms with Gasteiger partial charge in [0.25, 0.3) is 10.1 Å². The lowest BCUT2D eigenvalue weighted by Gasteiger charge is -2.44. The van der Waals surface area contributed by atoms with E-state index in [9.17, 15) is 22.8 Å². The van der Waals surface area contributed by atoms with Crippen LogP contribution in [0.4, 0.5) is 0 Å². The maximum Gasteiger partial charge on any atom is 0.305 e. The number of esters is 3. The Balaban J connectivity index is 1.86. The van der Waals surface area contributed by atoms with Gasteiger partial charge in [-0.25, -0.2) is 0 Å². The quantitative estimate of drug-likeness (QED) is 0.119. The van der Waals surface area contributed by atoms with Crippen LogP contribution >= 0.6 is 0 Å². The number of ether oxygens (including phenoxy) is 6. The molecule has 0 amide bonds. The molecule has 0 spiro atoms. The summed E-state index contributed by atoms with van der Waals surface area (Å²) in [6, 6.07) is 24.3. The molecule has 1 aliphatic rings. The van der Waals surface area contributed by atoms with Crippen molar-refractivity contribution in [3.8, 4) is 0 Å². The van der Waals surface area contributed by atoms with Gasteiger partial charge >= 0.3 is 17.9 Å². The largest absolute Gasteiger partial charge is 0.466 e. The van der Waals surface area contributed by atoms with Crippen LogP contribution < -0.4 is 0 Å². The molecule has 0 radical (unpaired) electrons. The summed E-state index contributed by atoms with van der Waals surface area (Å²) >= 11 is 0. The fourth-order valence-corrected chi connectivity index (χ4v) is 6.39. The number of rotatable bonds is 16. The fourth-order valence-electron chi connectivity index (χ4n) is 5.44. The SMILES string of the molecule is CC(=O)OCCC1(OCc2ccccc2)[C@H](OC(C)=O)[C@@H](OC(C)=O)O[C@@]1(COCc1ccccc1)COS(=O)(=O)c1ccc(C)cc1. The average molecular weight is 685 g/mol. The van der Waals surface area contributed by atoms with Crippen molar-refractivity contribution in [1.82, 2.24) is 0 Å². The lowest BCUT2D eigenvalue weighted by atomic mass is 9.78. The molecule has 1 fully saturated rings. The van der Waals surface area contributed by atoms with Gasteiger partial charge in [0, 0.05) is 27.2 Å². The molecular formula is C35H40O12S. The first kappa shape index (κ1) is 36.7. The molecule has 1 saturated heterocycles. The lowest BCUT2D eigenvalue weighted by molar-refractivity contribution is -0.234. The number of aryl methyl sites for hydroxylation is 1. The number of carbonyl (C=O) groups excluding carboxylic acids is 3. The molecule has 12 nitrogen and oxygen atoms in total. The first-order chi connectivity index (χ1) is 22.9. The molecule has 1 heterocycles. The molecule has 0 aliphatic carbocycles. The van der Waals surface area contributed by atoms with Gasteiger partial charge in [0.15, 0.2) is 11.7 Å². The van der Waals surface area contributed by atoms with Crippen molar-refractivity contribution in [3.63, 3.8) is 0 Å². The molecule has 4 atom stereocenters. The van der Waals surface area contributed by atoms with E-state index >= 15 is 0 Å². The maximum atomic E-state index is 13.6. The number of hydrogen-bond donors (Lipinski definition) is 0. The highest BCUT2D eigenvalue weighted by Gasteiger charge is 2.70. The molecule has 48 heavy (non-hydrogen) atoms. The highest BCUT2D eigenvalue weighted by atomic mass is 32.2. The standard InChI is InChI=1S/C35H40O12S/c1-25-15-17-31(18-16-25)48(39,40)44-24-34(23-41-21-29-11-7-5-8-12-29)35(19-20-42-26(2)36,43-22-30-13-9-6-10-14-30)32(45-27(3)37)33(47-34)46-28(4)38/h5-18,32-33H,19-24H2,1-4H3/t32-,33+,34+,35?/m1/s1. The van der Waals surface area contributed by atoms with Crippen LogP contribution in [0.15, 0.2) is 89.8 Å². The van der Waals surface area contributed by atoms with Gasteiger partial charge in [0.05, 0.1) is 31.3 Å². The van der Waals surface area contributed by atoms with Gasteiger partial charge in [0.1, 0.15) is 12.2 Å². The lowest BCUT2D eigenvalue weighted by Crippen LogP contribution is -2.64. The predicted molar refractivity (Wildman–Crippen MR) is 171 cm³/mol. The van der Waals surface area contributed by atoms with Gasteiger partial charge in [-0.15, -0.1) is 0 Å². The van der Waals surface area contributed by atoms with Crippen molar-refractivity contribution in [2.75, 3.05) is 19.8 Å². The smallest absolute Gasteiger partial charge is 0.305 e. The topological polar surface area (TPSA) is 150 Å². The molecule has 1 aliphatic heterocycles. The molecule has 1 unspecified atom stereocenters. The van der Waals surface area contributed by atoms with E-state index in [1.54, 1.807) is 36.4 Å². The van der Waals surface area contributed by atoms with E-state index in [1.807, 2.05) is 43.3 Å². The van der Waals surface area contributed by atoms with E-state index in [0.29, 0.717) is 5.56 Å². The van der Waals surface area contributed by atoms with Crippen LogP contribution in [0.25, 0.3) is 0 Å². The zero-order chi connectivity index (χ0) is 34.8. The Bertz CT molecular complexity index is 1630. The summed E-state index contributed by atoms with van der Waals surface area (Å²) in [6.45, 7) is 3.90. The number of carbonyl (C=O) groups is 3. The van der Waals surface area contributed by atoms with E-state index in [0.717, 1.165) is 25.0 Å². The Hall–Kier alpha value is -4.14. The Morgan fingerprint density at radius 3 is 1.90 bits per heavy atom. The summed E-state index contributed by atoms with van der Waals surface area (Å²) in [5.41, 5.74) is -1.47. The molecule has 4 rings (SSSR count). The summed E-state index contributed by atoms with van der Waals surface area (Å²) in [5, 5.41) is 0. The van der Waals surface area contributed by atoms with Gasteiger partial charge in [-0.1, -0.05) is 78.4 Å². The molecule has 0 aromatic heterocycles. The highest BCUT2D eigenvalue weighted by molar-refractivity contribution is 7.86. The molecule has 0 N–H and O–H groups in total. The third kappa shape index (κ3) is 9.26. The van der Waals surface area contributed by atoms with E-state index < -0.39 is 64.8 Å². The van der Waals surface area contributed by atoms with Gasteiger partial charge in [-0.3, -0.25) is 18.6 Å². The number of hydrogen-bond acceptors (Lipinski definition) is 12. The van der Waals surface area contributed by atoms with Crippen LogP contribution in [-0.4, -0.2) is 69.7 Å². The van der Waals surface area contributed by atoms with Crippen molar-refractivity contribution in [2.24, 2.45) is 0 Å². The molecule has 0 bridgehead atoms. The first-order valence-corrected chi connectivity index (χ1v) is 16.7. The van der Waals surface area contributed by atoms with Crippen molar-refractivity contribution in [3.05, 3.63) is 102 Å². The third-order valence-electron chi connectivity index (χ3n) is 7.72. The van der Waals surface area contributed by atoms with E-state index in [2.05, 4.69) is 0 Å². The highest BCUT2D eigenvalue weighted by Crippen LogP contribution is 2.49. The zero-order valence-corrected chi connectivity index (χ0v) is 28.1. The van der Waals surface area contributed by atoms with Crippen LogP contribution in [-0.2, 0) is 70.3 Å². The Kier molecular flexibility index (Phi) is 12.5. The molecule has 0 saturated carbocycles. The van der Waals surface area contributed by atoms with Crippen LogP contribution in [0.3, 0.4) is 0 Å². The van der Waals surface area contributed by atoms with E-state index in [4.69, 9.17) is 32.6 Å². The van der Waals surface area contributed by atoms with Gasteiger partial charge in [-0.05, 0) is 30.2 Å². The van der Waals surface area contributed by atoms with Crippen LogP contribution in [0.5, 0.6) is 0 Å². The second-order valence-electron chi connectivity index (χ2n) is 11.4. The zero-order valence-electron chi connectivity index (χ0n) is 27.3. The van der Waals surface area contributed by atoms with Crippen molar-refractivity contribution >= 4 is 28.0 Å². The minimum Gasteiger partial charge on any atom is -0.466 e. The monoisotopic (exact) mass is 684 g/mol. The molecule has 3 aromatic carbocycles. The summed E-state index contributed by atoms with van der Waals surface area (Å²) in [6.07, 6.45) is -3.28. The van der Waals surface area contributed by atoms with Crippen LogP contribution in [0, 0.1) is 6.92 Å².